The molecule has 0 fully saturated rings. The molecule has 1 heterocycles. The van der Waals surface area contributed by atoms with Gasteiger partial charge in [-0.1, -0.05) is 0 Å². The molecule has 0 amide bonds. The maximum atomic E-state index is 12.1. The molecule has 0 aliphatic rings. The Kier molecular flexibility index (Phi) is 3.91. The second-order valence-electron chi connectivity index (χ2n) is 1.67. The molecule has 0 aliphatic carbocycles. The van der Waals surface area contributed by atoms with E-state index in [2.05, 4.69) is 4.98 Å². The molecule has 1 rings (SSSR count). The molecular weight excluding hydrogens is 155 g/mol. The van der Waals surface area contributed by atoms with Gasteiger partial charge >= 0.3 is 0 Å². The van der Waals surface area contributed by atoms with Crippen LogP contribution in [0.15, 0.2) is 18.3 Å². The zero-order chi connectivity index (χ0) is 6.69. The highest BCUT2D eigenvalue weighted by Gasteiger charge is 1.89. The van der Waals surface area contributed by atoms with Gasteiger partial charge in [-0.25, -0.2) is 4.39 Å². The summed E-state index contributed by atoms with van der Waals surface area (Å²) in [5.41, 5.74) is 5.92. The van der Waals surface area contributed by atoms with Gasteiger partial charge in [-0.05, 0) is 12.1 Å². The summed E-state index contributed by atoms with van der Waals surface area (Å²) in [6, 6.07) is 2.91. The van der Waals surface area contributed by atoms with Crippen molar-refractivity contribution >= 4 is 12.4 Å². The summed E-state index contributed by atoms with van der Waals surface area (Å²) in [7, 11) is 0. The van der Waals surface area contributed by atoms with Crippen molar-refractivity contribution in [1.29, 1.82) is 0 Å². The SMILES string of the molecule is Cl.NCc1ccc(F)cn1. The van der Waals surface area contributed by atoms with Gasteiger partial charge in [0.05, 0.1) is 11.9 Å². The lowest BCUT2D eigenvalue weighted by Crippen LogP contribution is -1.98. The average Bonchev–Trinajstić information content (AvgIpc) is 1.90. The lowest BCUT2D eigenvalue weighted by Gasteiger charge is -1.91. The topological polar surface area (TPSA) is 38.9 Å². The molecule has 0 saturated heterocycles. The van der Waals surface area contributed by atoms with Crippen LogP contribution in [-0.4, -0.2) is 4.98 Å². The number of aromatic nitrogens is 1. The van der Waals surface area contributed by atoms with E-state index in [9.17, 15) is 4.39 Å². The van der Waals surface area contributed by atoms with Crippen LogP contribution in [0.25, 0.3) is 0 Å². The number of hydrogen-bond acceptors (Lipinski definition) is 2. The third-order valence-corrected chi connectivity index (χ3v) is 0.998. The predicted molar refractivity (Wildman–Crippen MR) is 39.3 cm³/mol. The minimum absolute atomic E-state index is 0. The standard InChI is InChI=1S/C6H7FN2.ClH/c7-5-1-2-6(3-8)9-4-5;/h1-2,4H,3,8H2;1H. The predicted octanol–water partition coefficient (Wildman–Crippen LogP) is 1.10. The second-order valence-corrected chi connectivity index (χ2v) is 1.67. The Labute approximate surface area is 64.7 Å². The number of halogens is 2. The average molecular weight is 163 g/mol. The smallest absolute Gasteiger partial charge is 0.141 e. The van der Waals surface area contributed by atoms with Crippen molar-refractivity contribution in [3.8, 4) is 0 Å². The summed E-state index contributed by atoms with van der Waals surface area (Å²) in [6.07, 6.45) is 1.15. The summed E-state index contributed by atoms with van der Waals surface area (Å²) >= 11 is 0. The fraction of sp³-hybridized carbons (Fsp3) is 0.167. The molecule has 10 heavy (non-hydrogen) atoms. The van der Waals surface area contributed by atoms with Crippen LogP contribution in [0.2, 0.25) is 0 Å². The Bertz CT molecular complexity index is 187. The van der Waals surface area contributed by atoms with Crippen molar-refractivity contribution < 1.29 is 4.39 Å². The molecule has 4 heteroatoms. The minimum Gasteiger partial charge on any atom is -0.325 e. The fourth-order valence-electron chi connectivity index (χ4n) is 0.527. The maximum Gasteiger partial charge on any atom is 0.141 e. The van der Waals surface area contributed by atoms with Crippen LogP contribution in [0, 0.1) is 5.82 Å². The minimum atomic E-state index is -0.327. The van der Waals surface area contributed by atoms with Crippen molar-refractivity contribution in [2.24, 2.45) is 5.73 Å². The van der Waals surface area contributed by atoms with E-state index in [0.717, 1.165) is 6.20 Å². The van der Waals surface area contributed by atoms with Gasteiger partial charge in [-0.15, -0.1) is 12.4 Å². The molecule has 0 aliphatic heterocycles. The van der Waals surface area contributed by atoms with E-state index in [1.165, 1.54) is 6.07 Å². The number of hydrogen-bond donors (Lipinski definition) is 1. The zero-order valence-electron chi connectivity index (χ0n) is 5.25. The van der Waals surface area contributed by atoms with E-state index in [-0.39, 0.29) is 18.2 Å². The van der Waals surface area contributed by atoms with Crippen LogP contribution in [0.3, 0.4) is 0 Å². The molecule has 0 radical (unpaired) electrons. The van der Waals surface area contributed by atoms with Crippen molar-refractivity contribution in [2.75, 3.05) is 0 Å². The maximum absolute atomic E-state index is 12.1. The first-order valence-corrected chi connectivity index (χ1v) is 2.63. The van der Waals surface area contributed by atoms with Crippen LogP contribution in [0.4, 0.5) is 4.39 Å². The van der Waals surface area contributed by atoms with Crippen molar-refractivity contribution in [3.05, 3.63) is 29.8 Å². The molecule has 2 N–H and O–H groups in total. The zero-order valence-corrected chi connectivity index (χ0v) is 6.07. The van der Waals surface area contributed by atoms with E-state index in [1.54, 1.807) is 6.07 Å². The van der Waals surface area contributed by atoms with Crippen molar-refractivity contribution in [3.63, 3.8) is 0 Å². The van der Waals surface area contributed by atoms with Crippen LogP contribution >= 0.6 is 12.4 Å². The summed E-state index contributed by atoms with van der Waals surface area (Å²) in [6.45, 7) is 0.361. The first-order chi connectivity index (χ1) is 4.33. The van der Waals surface area contributed by atoms with Gasteiger partial charge in [0.2, 0.25) is 0 Å². The van der Waals surface area contributed by atoms with Crippen LogP contribution in [0.5, 0.6) is 0 Å². The molecular formula is C6H8ClFN2. The lowest BCUT2D eigenvalue weighted by molar-refractivity contribution is 0.619. The van der Waals surface area contributed by atoms with E-state index >= 15 is 0 Å². The summed E-state index contributed by atoms with van der Waals surface area (Å²) < 4.78 is 12.1. The van der Waals surface area contributed by atoms with E-state index in [0.29, 0.717) is 12.2 Å². The van der Waals surface area contributed by atoms with Crippen LogP contribution in [0.1, 0.15) is 5.69 Å². The Morgan fingerprint density at radius 1 is 1.50 bits per heavy atom. The molecule has 56 valence electrons. The van der Waals surface area contributed by atoms with E-state index in [4.69, 9.17) is 5.73 Å². The van der Waals surface area contributed by atoms with Crippen molar-refractivity contribution in [1.82, 2.24) is 4.98 Å². The van der Waals surface area contributed by atoms with Gasteiger partial charge in [0, 0.05) is 6.54 Å². The summed E-state index contributed by atoms with van der Waals surface area (Å²) in [4.78, 5) is 3.70. The van der Waals surface area contributed by atoms with Gasteiger partial charge in [0.25, 0.3) is 0 Å². The van der Waals surface area contributed by atoms with Crippen LogP contribution < -0.4 is 5.73 Å². The first kappa shape index (κ1) is 9.33. The fourth-order valence-corrected chi connectivity index (χ4v) is 0.527. The highest BCUT2D eigenvalue weighted by Crippen LogP contribution is 1.95. The molecule has 0 bridgehead atoms. The highest BCUT2D eigenvalue weighted by molar-refractivity contribution is 5.85. The largest absolute Gasteiger partial charge is 0.325 e. The van der Waals surface area contributed by atoms with Gasteiger partial charge < -0.3 is 5.73 Å². The normalized spacial score (nSPS) is 8.60. The number of pyridine rings is 1. The first-order valence-electron chi connectivity index (χ1n) is 2.63. The summed E-state index contributed by atoms with van der Waals surface area (Å²) in [5, 5.41) is 0. The van der Waals surface area contributed by atoms with Crippen molar-refractivity contribution in [2.45, 2.75) is 6.54 Å². The number of nitrogens with zero attached hydrogens (tertiary/aromatic N) is 1. The molecule has 0 atom stereocenters. The highest BCUT2D eigenvalue weighted by atomic mass is 35.5. The number of rotatable bonds is 1. The number of nitrogens with two attached hydrogens (primary N) is 1. The van der Waals surface area contributed by atoms with E-state index in [1.807, 2.05) is 0 Å². The lowest BCUT2D eigenvalue weighted by atomic mass is 10.3. The molecule has 1 aromatic heterocycles. The Morgan fingerprint density at radius 2 is 2.20 bits per heavy atom. The molecule has 0 saturated carbocycles. The van der Waals surface area contributed by atoms with Gasteiger partial charge in [0.15, 0.2) is 0 Å². The Hall–Kier alpha value is -0.670. The monoisotopic (exact) mass is 162 g/mol. The molecule has 1 aromatic rings. The second kappa shape index (κ2) is 4.19. The molecule has 2 nitrogen and oxygen atoms in total. The van der Waals surface area contributed by atoms with Gasteiger partial charge in [0.1, 0.15) is 5.82 Å². The molecule has 0 spiro atoms. The Morgan fingerprint density at radius 3 is 2.60 bits per heavy atom. The third-order valence-electron chi connectivity index (χ3n) is 0.998. The molecule has 0 aromatic carbocycles. The third kappa shape index (κ3) is 2.29. The quantitative estimate of drug-likeness (QED) is 0.672. The van der Waals surface area contributed by atoms with Crippen LogP contribution in [-0.2, 0) is 6.54 Å². The van der Waals surface area contributed by atoms with Gasteiger partial charge in [-0.3, -0.25) is 4.98 Å². The molecule has 0 unspecified atom stereocenters. The van der Waals surface area contributed by atoms with E-state index < -0.39 is 0 Å². The summed E-state index contributed by atoms with van der Waals surface area (Å²) in [5.74, 6) is -0.327. The van der Waals surface area contributed by atoms with Gasteiger partial charge in [-0.2, -0.15) is 0 Å². The Balaban J connectivity index is 0.000000810.